The number of hydrogen-bond donors (Lipinski definition) is 1. The molecule has 5 heterocycles. The Morgan fingerprint density at radius 1 is 1.03 bits per heavy atom. The summed E-state index contributed by atoms with van der Waals surface area (Å²) < 4.78 is 28.8. The lowest BCUT2D eigenvalue weighted by molar-refractivity contribution is -0.0386. The van der Waals surface area contributed by atoms with Gasteiger partial charge in [-0.15, -0.1) is 0 Å². The van der Waals surface area contributed by atoms with Crippen molar-refractivity contribution >= 4 is 10.8 Å². The van der Waals surface area contributed by atoms with Crippen LogP contribution in [0, 0.1) is 5.82 Å². The highest BCUT2D eigenvalue weighted by Crippen LogP contribution is 2.41. The molecule has 3 aromatic rings. The topological polar surface area (TPSA) is 72.6 Å². The predicted molar refractivity (Wildman–Crippen MR) is 131 cm³/mol. The van der Waals surface area contributed by atoms with Crippen LogP contribution >= 0.6 is 0 Å². The highest BCUT2D eigenvalue weighted by Gasteiger charge is 2.37. The number of pyridine rings is 1. The third-order valence-corrected chi connectivity index (χ3v) is 8.06. The maximum absolute atomic E-state index is 15.6. The number of hydrogen-bond acceptors (Lipinski definition) is 6. The maximum Gasteiger partial charge on any atom is 0.133 e. The van der Waals surface area contributed by atoms with Crippen LogP contribution in [0.25, 0.3) is 22.0 Å². The summed E-state index contributed by atoms with van der Waals surface area (Å²) in [5.41, 5.74) is 3.17. The van der Waals surface area contributed by atoms with E-state index in [9.17, 15) is 5.11 Å². The van der Waals surface area contributed by atoms with Crippen LogP contribution in [-0.2, 0) is 16.0 Å². The number of likely N-dealkylation sites (N-methyl/N-ethyl adjacent to an activating group) is 1. The Morgan fingerprint density at radius 2 is 1.71 bits per heavy atom. The average Bonchev–Trinajstić information content (AvgIpc) is 3.27. The van der Waals surface area contributed by atoms with Crippen LogP contribution in [0.4, 0.5) is 4.39 Å². The van der Waals surface area contributed by atoms with Crippen molar-refractivity contribution in [3.8, 4) is 11.3 Å². The number of benzene rings is 1. The van der Waals surface area contributed by atoms with E-state index in [-0.39, 0.29) is 17.8 Å². The highest BCUT2D eigenvalue weighted by atomic mass is 19.1. The Hall–Kier alpha value is -2.39. The van der Waals surface area contributed by atoms with E-state index in [0.717, 1.165) is 66.9 Å². The molecule has 3 aliphatic heterocycles. The number of aliphatic hydroxyl groups is 1. The molecular weight excluding hydrogens is 447 g/mol. The number of aromatic nitrogens is 3. The van der Waals surface area contributed by atoms with E-state index in [1.54, 1.807) is 6.07 Å². The highest BCUT2D eigenvalue weighted by molar-refractivity contribution is 5.96. The van der Waals surface area contributed by atoms with E-state index in [0.29, 0.717) is 36.9 Å². The first-order chi connectivity index (χ1) is 17.0. The lowest BCUT2D eigenvalue weighted by Crippen LogP contribution is -2.43. The lowest BCUT2D eigenvalue weighted by atomic mass is 9.93. The van der Waals surface area contributed by atoms with Gasteiger partial charge in [0.2, 0.25) is 0 Å². The molecule has 2 aromatic heterocycles. The van der Waals surface area contributed by atoms with Crippen LogP contribution in [0.15, 0.2) is 24.4 Å². The molecule has 0 spiro atoms. The Morgan fingerprint density at radius 3 is 2.43 bits per heavy atom. The molecule has 0 aliphatic carbocycles. The van der Waals surface area contributed by atoms with Crippen molar-refractivity contribution in [1.29, 1.82) is 0 Å². The fraction of sp³-hybridized carbons (Fsp3) is 0.556. The standard InChI is InChI=1S/C27H33FN4O3/c1-16-27(33)31(2)15-23-25(30-26(32(16)23)18-7-11-35-12-8-18)24-20-14-29-22(17-5-9-34-10-6-17)13-19(20)3-4-21(24)28/h3-4,13-14,16-18,27,33H,5-12,15H2,1-2H3. The second-order valence-electron chi connectivity index (χ2n) is 10.2. The van der Waals surface area contributed by atoms with Gasteiger partial charge in [0.15, 0.2) is 0 Å². The Bertz CT molecular complexity index is 1230. The molecule has 0 saturated carbocycles. The van der Waals surface area contributed by atoms with E-state index in [1.165, 1.54) is 0 Å². The lowest BCUT2D eigenvalue weighted by Gasteiger charge is -2.37. The van der Waals surface area contributed by atoms with Crippen molar-refractivity contribution in [2.75, 3.05) is 33.5 Å². The van der Waals surface area contributed by atoms with Gasteiger partial charge in [-0.05, 0) is 57.2 Å². The van der Waals surface area contributed by atoms with Gasteiger partial charge in [0.1, 0.15) is 17.9 Å². The first-order valence-corrected chi connectivity index (χ1v) is 12.8. The quantitative estimate of drug-likeness (QED) is 0.601. The van der Waals surface area contributed by atoms with Gasteiger partial charge in [-0.2, -0.15) is 0 Å². The van der Waals surface area contributed by atoms with Gasteiger partial charge < -0.3 is 19.1 Å². The van der Waals surface area contributed by atoms with Gasteiger partial charge in [-0.1, -0.05) is 6.07 Å². The minimum Gasteiger partial charge on any atom is -0.381 e. The summed E-state index contributed by atoms with van der Waals surface area (Å²) in [7, 11) is 1.90. The van der Waals surface area contributed by atoms with Gasteiger partial charge in [0.25, 0.3) is 0 Å². The van der Waals surface area contributed by atoms with Gasteiger partial charge in [-0.3, -0.25) is 9.88 Å². The summed E-state index contributed by atoms with van der Waals surface area (Å²) in [6.07, 6.45) is 4.88. The molecule has 0 radical (unpaired) electrons. The number of aliphatic hydroxyl groups excluding tert-OH is 1. The number of nitrogens with zero attached hydrogens (tertiary/aromatic N) is 4. The minimum absolute atomic E-state index is 0.181. The van der Waals surface area contributed by atoms with Crippen molar-refractivity contribution in [1.82, 2.24) is 19.4 Å². The van der Waals surface area contributed by atoms with Gasteiger partial charge in [0, 0.05) is 67.6 Å². The number of rotatable bonds is 3. The molecule has 6 rings (SSSR count). The van der Waals surface area contributed by atoms with Crippen molar-refractivity contribution in [2.45, 2.75) is 63.3 Å². The molecule has 2 saturated heterocycles. The van der Waals surface area contributed by atoms with E-state index in [2.05, 4.69) is 10.6 Å². The zero-order valence-corrected chi connectivity index (χ0v) is 20.4. The first-order valence-electron chi connectivity index (χ1n) is 12.8. The summed E-state index contributed by atoms with van der Waals surface area (Å²) in [4.78, 5) is 11.8. The van der Waals surface area contributed by atoms with Crippen molar-refractivity contribution in [3.63, 3.8) is 0 Å². The second-order valence-corrected chi connectivity index (χ2v) is 10.2. The monoisotopic (exact) mass is 480 g/mol. The summed E-state index contributed by atoms with van der Waals surface area (Å²) >= 11 is 0. The summed E-state index contributed by atoms with van der Waals surface area (Å²) in [6, 6.07) is 5.32. The molecular formula is C27H33FN4O3. The first kappa shape index (κ1) is 23.0. The summed E-state index contributed by atoms with van der Waals surface area (Å²) in [5.74, 6) is 1.24. The third kappa shape index (κ3) is 3.96. The molecule has 8 heteroatoms. The van der Waals surface area contributed by atoms with Crippen LogP contribution in [0.5, 0.6) is 0 Å². The maximum atomic E-state index is 15.6. The predicted octanol–water partition coefficient (Wildman–Crippen LogP) is 4.35. The van der Waals surface area contributed by atoms with Gasteiger partial charge in [-0.25, -0.2) is 9.37 Å². The molecule has 1 N–H and O–H groups in total. The fourth-order valence-electron chi connectivity index (χ4n) is 6.03. The van der Waals surface area contributed by atoms with E-state index < -0.39 is 6.23 Å². The smallest absolute Gasteiger partial charge is 0.133 e. The van der Waals surface area contributed by atoms with Crippen LogP contribution in [0.2, 0.25) is 0 Å². The molecule has 7 nitrogen and oxygen atoms in total. The molecule has 0 bridgehead atoms. The normalized spacial score (nSPS) is 24.7. The Kier molecular flexibility index (Phi) is 6.08. The number of halogens is 1. The largest absolute Gasteiger partial charge is 0.381 e. The molecule has 35 heavy (non-hydrogen) atoms. The SMILES string of the molecule is CC1C(O)N(C)Cc2c(-c3c(F)ccc4cc(C5CCOCC5)ncc34)nc(C3CCOCC3)n21. The number of fused-ring (bicyclic) bond motifs is 2. The molecule has 2 unspecified atom stereocenters. The average molecular weight is 481 g/mol. The van der Waals surface area contributed by atoms with Gasteiger partial charge >= 0.3 is 0 Å². The zero-order chi connectivity index (χ0) is 24.1. The third-order valence-electron chi connectivity index (χ3n) is 8.06. The zero-order valence-electron chi connectivity index (χ0n) is 20.4. The van der Waals surface area contributed by atoms with Crippen molar-refractivity contribution < 1.29 is 19.0 Å². The molecule has 2 atom stereocenters. The minimum atomic E-state index is -0.621. The Balaban J connectivity index is 1.51. The number of imidazole rings is 1. The van der Waals surface area contributed by atoms with E-state index >= 15 is 4.39 Å². The van der Waals surface area contributed by atoms with E-state index in [1.807, 2.05) is 31.1 Å². The van der Waals surface area contributed by atoms with Crippen LogP contribution in [0.1, 0.15) is 67.7 Å². The van der Waals surface area contributed by atoms with Crippen LogP contribution in [0.3, 0.4) is 0 Å². The second kappa shape index (κ2) is 9.24. The van der Waals surface area contributed by atoms with Crippen LogP contribution < -0.4 is 0 Å². The number of ether oxygens (including phenoxy) is 2. The Labute approximate surface area is 204 Å². The summed E-state index contributed by atoms with van der Waals surface area (Å²) in [5, 5.41) is 12.6. The molecule has 3 aliphatic rings. The molecule has 186 valence electrons. The fourth-order valence-corrected chi connectivity index (χ4v) is 6.03. The van der Waals surface area contributed by atoms with Gasteiger partial charge in [0.05, 0.1) is 17.4 Å². The van der Waals surface area contributed by atoms with E-state index in [4.69, 9.17) is 19.4 Å². The van der Waals surface area contributed by atoms with Crippen LogP contribution in [-0.4, -0.2) is 64.2 Å². The van der Waals surface area contributed by atoms with Crippen molar-refractivity contribution in [2.24, 2.45) is 0 Å². The molecule has 1 aromatic carbocycles. The molecule has 0 amide bonds. The summed E-state index contributed by atoms with van der Waals surface area (Å²) in [6.45, 7) is 5.42. The molecule has 2 fully saturated rings. The van der Waals surface area contributed by atoms with Crippen molar-refractivity contribution in [3.05, 3.63) is 47.4 Å².